The maximum Gasteiger partial charge on any atom is 0.255 e. The molecule has 4 nitrogen and oxygen atoms in total. The van der Waals surface area contributed by atoms with E-state index < -0.39 is 0 Å². The summed E-state index contributed by atoms with van der Waals surface area (Å²) in [6.45, 7) is 2.82. The molecule has 0 aromatic carbocycles. The van der Waals surface area contributed by atoms with E-state index in [4.69, 9.17) is 4.74 Å². The second-order valence-corrected chi connectivity index (χ2v) is 6.96. The first-order chi connectivity index (χ1) is 11.2. The lowest BCUT2D eigenvalue weighted by Crippen LogP contribution is -2.67. The lowest BCUT2D eigenvalue weighted by atomic mass is 9.50. The van der Waals surface area contributed by atoms with E-state index in [0.717, 1.165) is 24.1 Å². The van der Waals surface area contributed by atoms with Crippen LogP contribution in [-0.2, 0) is 4.74 Å². The third-order valence-corrected chi connectivity index (χ3v) is 5.93. The first-order valence-electron chi connectivity index (χ1n) is 8.61. The summed E-state index contributed by atoms with van der Waals surface area (Å²) < 4.78 is 7.91. The quantitative estimate of drug-likeness (QED) is 0.867. The molecule has 0 bridgehead atoms. The number of ether oxygens (including phenoxy) is 1. The number of pyridine rings is 1. The molecular formula is C19H24N2O2. The van der Waals surface area contributed by atoms with Gasteiger partial charge in [-0.05, 0) is 44.4 Å². The molecule has 0 saturated heterocycles. The minimum atomic E-state index is 0.125. The van der Waals surface area contributed by atoms with Gasteiger partial charge in [0.05, 0.1) is 11.7 Å². The van der Waals surface area contributed by atoms with Crippen molar-refractivity contribution in [2.24, 2.45) is 5.41 Å². The Morgan fingerprint density at radius 2 is 2.26 bits per heavy atom. The molecule has 4 rings (SSSR count). The summed E-state index contributed by atoms with van der Waals surface area (Å²) in [6.07, 6.45) is 8.88. The van der Waals surface area contributed by atoms with Gasteiger partial charge in [0.25, 0.3) is 5.91 Å². The van der Waals surface area contributed by atoms with E-state index in [0.29, 0.717) is 12.1 Å². The van der Waals surface area contributed by atoms with E-state index in [9.17, 15) is 4.79 Å². The molecule has 122 valence electrons. The second kappa shape index (κ2) is 5.38. The summed E-state index contributed by atoms with van der Waals surface area (Å²) in [5.74, 6) is 0.125. The van der Waals surface area contributed by atoms with E-state index in [1.54, 1.807) is 0 Å². The predicted molar refractivity (Wildman–Crippen MR) is 89.6 cm³/mol. The highest BCUT2D eigenvalue weighted by atomic mass is 16.5. The molecular weight excluding hydrogens is 288 g/mol. The Labute approximate surface area is 137 Å². The van der Waals surface area contributed by atoms with Crippen LogP contribution in [0.15, 0.2) is 36.7 Å². The van der Waals surface area contributed by atoms with Crippen molar-refractivity contribution in [2.75, 3.05) is 13.7 Å². The molecule has 2 aliphatic carbocycles. The van der Waals surface area contributed by atoms with E-state index in [1.807, 2.05) is 53.0 Å². The molecule has 1 spiro atoms. The van der Waals surface area contributed by atoms with E-state index in [1.165, 1.54) is 19.3 Å². The van der Waals surface area contributed by atoms with Gasteiger partial charge in [-0.2, -0.15) is 0 Å². The SMILES string of the molecule is CCO[C@@H]1C[C@H](N(C)C(=O)c2cc3ccccn3c2)C12CCC2. The van der Waals surface area contributed by atoms with Gasteiger partial charge in [-0.1, -0.05) is 12.5 Å². The first kappa shape index (κ1) is 14.8. The van der Waals surface area contributed by atoms with Crippen LogP contribution < -0.4 is 0 Å². The second-order valence-electron chi connectivity index (χ2n) is 6.96. The van der Waals surface area contributed by atoms with Crippen molar-refractivity contribution in [3.63, 3.8) is 0 Å². The van der Waals surface area contributed by atoms with Crippen molar-refractivity contribution in [1.82, 2.24) is 9.30 Å². The molecule has 2 aromatic rings. The van der Waals surface area contributed by atoms with Crippen LogP contribution in [0.1, 0.15) is 43.0 Å². The fraction of sp³-hybridized carbons (Fsp3) is 0.526. The highest BCUT2D eigenvalue weighted by Gasteiger charge is 2.60. The zero-order valence-electron chi connectivity index (χ0n) is 13.9. The summed E-state index contributed by atoms with van der Waals surface area (Å²) in [6, 6.07) is 8.30. The Morgan fingerprint density at radius 1 is 1.43 bits per heavy atom. The van der Waals surface area contributed by atoms with Gasteiger partial charge in [-0.3, -0.25) is 4.79 Å². The third kappa shape index (κ3) is 2.12. The number of fused-ring (bicyclic) bond motifs is 1. The van der Waals surface area contributed by atoms with Gasteiger partial charge in [0.15, 0.2) is 0 Å². The Balaban J connectivity index is 1.54. The van der Waals surface area contributed by atoms with E-state index >= 15 is 0 Å². The van der Waals surface area contributed by atoms with Crippen molar-refractivity contribution in [1.29, 1.82) is 0 Å². The number of carbonyl (C=O) groups excluding carboxylic acids is 1. The summed E-state index contributed by atoms with van der Waals surface area (Å²) in [4.78, 5) is 14.9. The average molecular weight is 312 g/mol. The molecule has 0 radical (unpaired) electrons. The average Bonchev–Trinajstić information content (AvgIpc) is 2.92. The number of hydrogen-bond acceptors (Lipinski definition) is 2. The summed E-state index contributed by atoms with van der Waals surface area (Å²) in [5.41, 5.74) is 2.05. The molecule has 4 heteroatoms. The van der Waals surface area contributed by atoms with Crippen LogP contribution in [0.2, 0.25) is 0 Å². The number of aromatic nitrogens is 1. The standard InChI is InChI=1S/C19H24N2O2/c1-3-23-17-12-16(19(17)8-6-9-19)20(2)18(22)14-11-15-7-4-5-10-21(15)13-14/h4-5,7,10-11,13,16-17H,3,6,8-9,12H2,1-2H3/t16-,17+/m0/s1. The topological polar surface area (TPSA) is 34.0 Å². The van der Waals surface area contributed by atoms with Gasteiger partial charge >= 0.3 is 0 Å². The fourth-order valence-electron chi connectivity index (χ4n) is 4.46. The van der Waals surface area contributed by atoms with Crippen molar-refractivity contribution in [2.45, 2.75) is 44.8 Å². The highest BCUT2D eigenvalue weighted by Crippen LogP contribution is 2.59. The normalized spacial score (nSPS) is 25.1. The van der Waals surface area contributed by atoms with Crippen LogP contribution in [0.4, 0.5) is 0 Å². The number of carbonyl (C=O) groups is 1. The third-order valence-electron chi connectivity index (χ3n) is 5.93. The van der Waals surface area contributed by atoms with Crippen LogP contribution in [0, 0.1) is 5.41 Å². The number of hydrogen-bond donors (Lipinski definition) is 0. The van der Waals surface area contributed by atoms with Crippen molar-refractivity contribution in [3.05, 3.63) is 42.2 Å². The first-order valence-corrected chi connectivity index (χ1v) is 8.61. The van der Waals surface area contributed by atoms with E-state index in [-0.39, 0.29) is 11.3 Å². The van der Waals surface area contributed by atoms with Crippen LogP contribution in [0.5, 0.6) is 0 Å². The number of rotatable bonds is 4. The molecule has 2 fully saturated rings. The van der Waals surface area contributed by atoms with Crippen molar-refractivity contribution in [3.8, 4) is 0 Å². The molecule has 2 aliphatic rings. The smallest absolute Gasteiger partial charge is 0.255 e. The molecule has 2 heterocycles. The summed E-state index contributed by atoms with van der Waals surface area (Å²) in [7, 11) is 1.96. The molecule has 2 aromatic heterocycles. The molecule has 0 N–H and O–H groups in total. The number of amides is 1. The van der Waals surface area contributed by atoms with Crippen LogP contribution >= 0.6 is 0 Å². The molecule has 0 aliphatic heterocycles. The predicted octanol–water partition coefficient (Wildman–Crippen LogP) is 3.36. The van der Waals surface area contributed by atoms with Crippen LogP contribution in [-0.4, -0.2) is 41.0 Å². The fourth-order valence-corrected chi connectivity index (χ4v) is 4.46. The minimum Gasteiger partial charge on any atom is -0.378 e. The summed E-state index contributed by atoms with van der Waals surface area (Å²) >= 11 is 0. The lowest BCUT2D eigenvalue weighted by molar-refractivity contribution is -0.192. The Bertz CT molecular complexity index is 699. The highest BCUT2D eigenvalue weighted by molar-refractivity contribution is 5.95. The van der Waals surface area contributed by atoms with Gasteiger partial charge < -0.3 is 14.0 Å². The van der Waals surface area contributed by atoms with Gasteiger partial charge in [0.1, 0.15) is 0 Å². The number of nitrogens with zero attached hydrogens (tertiary/aromatic N) is 2. The van der Waals surface area contributed by atoms with Gasteiger partial charge in [-0.15, -0.1) is 0 Å². The van der Waals surface area contributed by atoms with Crippen molar-refractivity contribution >= 4 is 11.4 Å². The molecule has 23 heavy (non-hydrogen) atoms. The maximum absolute atomic E-state index is 12.9. The zero-order chi connectivity index (χ0) is 16.0. The molecule has 0 unspecified atom stereocenters. The van der Waals surface area contributed by atoms with E-state index in [2.05, 4.69) is 6.92 Å². The lowest BCUT2D eigenvalue weighted by Gasteiger charge is -2.63. The molecule has 2 atom stereocenters. The monoisotopic (exact) mass is 312 g/mol. The van der Waals surface area contributed by atoms with Crippen molar-refractivity contribution < 1.29 is 9.53 Å². The molecule has 2 saturated carbocycles. The Hall–Kier alpha value is -1.81. The van der Waals surface area contributed by atoms with Gasteiger partial charge in [-0.25, -0.2) is 0 Å². The Morgan fingerprint density at radius 3 is 2.91 bits per heavy atom. The van der Waals surface area contributed by atoms with Gasteiger partial charge in [0.2, 0.25) is 0 Å². The Kier molecular flexibility index (Phi) is 3.45. The maximum atomic E-state index is 12.9. The summed E-state index contributed by atoms with van der Waals surface area (Å²) in [5, 5.41) is 0. The minimum absolute atomic E-state index is 0.125. The molecule has 1 amide bonds. The van der Waals surface area contributed by atoms with Crippen LogP contribution in [0.25, 0.3) is 5.52 Å². The largest absolute Gasteiger partial charge is 0.378 e. The van der Waals surface area contributed by atoms with Gasteiger partial charge in [0, 0.05) is 43.0 Å². The van der Waals surface area contributed by atoms with Crippen LogP contribution in [0.3, 0.4) is 0 Å². The zero-order valence-corrected chi connectivity index (χ0v) is 13.9.